The van der Waals surface area contributed by atoms with Crippen LogP contribution in [0.5, 0.6) is 11.5 Å². The zero-order valence-corrected chi connectivity index (χ0v) is 34.2. The first-order valence-corrected chi connectivity index (χ1v) is 21.1. The van der Waals surface area contributed by atoms with Gasteiger partial charge in [-0.05, 0) is 12.1 Å². The first-order chi connectivity index (χ1) is 28.6. The van der Waals surface area contributed by atoms with Crippen molar-refractivity contribution in [2.45, 2.75) is 5.41 Å². The Morgan fingerprint density at radius 2 is 1.07 bits per heavy atom. The molecule has 0 saturated heterocycles. The molecule has 0 radical (unpaired) electrons. The fourth-order valence-electron chi connectivity index (χ4n) is 9.17. The van der Waals surface area contributed by atoms with Gasteiger partial charge in [-0.1, -0.05) is 91.0 Å². The molecule has 0 unspecified atom stereocenters. The maximum atomic E-state index is 6.69. The Labute approximate surface area is 347 Å². The van der Waals surface area contributed by atoms with E-state index in [0.29, 0.717) is 10.6 Å². The fraction of sp³-hybridized carbons (Fsp3) is 0.0185. The van der Waals surface area contributed by atoms with E-state index in [9.17, 15) is 0 Å². The molecule has 2 heterocycles. The summed E-state index contributed by atoms with van der Waals surface area (Å²) in [5.41, 5.74) is 15.7. The number of para-hydroxylation sites is 3. The molecule has 0 fully saturated rings. The van der Waals surface area contributed by atoms with Gasteiger partial charge in [0.15, 0.2) is 0 Å². The third kappa shape index (κ3) is 5.20. The van der Waals surface area contributed by atoms with Crippen LogP contribution in [-0.4, -0.2) is 4.40 Å². The summed E-state index contributed by atoms with van der Waals surface area (Å²) in [5.74, 6) is 1.76. The van der Waals surface area contributed by atoms with Gasteiger partial charge in [0.2, 0.25) is 0 Å². The third-order valence-corrected chi connectivity index (χ3v) is 12.6. The Morgan fingerprint density at radius 3 is 1.76 bits per heavy atom. The summed E-state index contributed by atoms with van der Waals surface area (Å²) in [6, 6.07) is 69.0. The molecule has 0 N–H and O–H groups in total. The number of ether oxygens (including phenoxy) is 1. The van der Waals surface area contributed by atoms with Crippen LogP contribution in [0.15, 0.2) is 199 Å². The Kier molecular flexibility index (Phi) is 8.13. The number of benzene rings is 8. The minimum atomic E-state index is -0.574. The van der Waals surface area contributed by atoms with E-state index in [1.165, 1.54) is 52.7 Å². The molecule has 0 amide bonds. The van der Waals surface area contributed by atoms with Crippen molar-refractivity contribution in [3.63, 3.8) is 0 Å². The summed E-state index contributed by atoms with van der Waals surface area (Å²) in [4.78, 5) is 2.36. The molecule has 1 spiro atoms. The quantitative estimate of drug-likeness (QED) is 0.155. The molecule has 1 aliphatic heterocycles. The molecule has 1 aromatic heterocycles. The summed E-state index contributed by atoms with van der Waals surface area (Å²) in [5, 5.41) is 1.59. The standard InChI is InChI=1S/C54H34NO2.W/c1-35(53-36(2)43-16-7-11-21-50(43)57-53)37-24-28-40(29-25-37)55(41-30-26-39(27-31-41)38-14-4-3-5-15-38)42-32-33-45-44-17-6-8-18-46(44)54(49(45)34-42)47-19-9-12-22-51(47)56-52-23-13-10-20-48(52)54;/h1-34H;/q-1;/b53-35-;. The van der Waals surface area contributed by atoms with E-state index in [2.05, 4.69) is 179 Å². The van der Waals surface area contributed by atoms with Gasteiger partial charge in [0, 0.05) is 0 Å². The van der Waals surface area contributed by atoms with Crippen LogP contribution in [0.2, 0.25) is 0 Å². The average Bonchev–Trinajstić information content (AvgIpc) is 3.77. The summed E-state index contributed by atoms with van der Waals surface area (Å²) in [6.07, 6.45) is 0. The van der Waals surface area contributed by atoms with Gasteiger partial charge in [0.1, 0.15) is 11.5 Å². The van der Waals surface area contributed by atoms with Gasteiger partial charge >= 0.3 is 230 Å². The first-order valence-electron chi connectivity index (χ1n) is 19.4. The summed E-state index contributed by atoms with van der Waals surface area (Å²) in [7, 11) is 0. The normalized spacial score (nSPS) is 13.5. The van der Waals surface area contributed by atoms with E-state index in [4.69, 9.17) is 15.7 Å². The Balaban J connectivity index is 1.12. The topological polar surface area (TPSA) is 25.6 Å². The Hall–Kier alpha value is -6.80. The molecular weight excluding hydrogens is 878 g/mol. The third-order valence-electron chi connectivity index (χ3n) is 11.8. The molecule has 3 nitrogen and oxygen atoms in total. The molecule has 1 aliphatic carbocycles. The van der Waals surface area contributed by atoms with E-state index in [1.807, 2.05) is 24.3 Å². The second kappa shape index (κ2) is 13.7. The van der Waals surface area contributed by atoms with Gasteiger partial charge in [0.05, 0.1) is 0 Å². The van der Waals surface area contributed by atoms with Crippen LogP contribution < -0.4 is 20.3 Å². The van der Waals surface area contributed by atoms with E-state index in [-0.39, 0.29) is 0 Å². The summed E-state index contributed by atoms with van der Waals surface area (Å²) in [6.45, 7) is 6.69. The van der Waals surface area contributed by atoms with Gasteiger partial charge in [-0.2, -0.15) is 0 Å². The van der Waals surface area contributed by atoms with Crippen LogP contribution in [0.1, 0.15) is 27.8 Å². The number of furan rings is 1. The molecule has 274 valence electrons. The van der Waals surface area contributed by atoms with Crippen molar-refractivity contribution in [1.29, 1.82) is 0 Å². The molecule has 9 aromatic rings. The molecule has 2 aliphatic rings. The molecule has 0 bridgehead atoms. The zero-order valence-electron chi connectivity index (χ0n) is 31.3. The van der Waals surface area contributed by atoms with Crippen molar-refractivity contribution in [3.8, 4) is 33.8 Å². The second-order valence-electron chi connectivity index (χ2n) is 14.8. The molecule has 58 heavy (non-hydrogen) atoms. The second-order valence-corrected chi connectivity index (χ2v) is 15.6. The van der Waals surface area contributed by atoms with Crippen molar-refractivity contribution in [2.75, 3.05) is 4.90 Å². The number of anilines is 3. The van der Waals surface area contributed by atoms with Crippen LogP contribution >= 0.6 is 0 Å². The Bertz CT molecular complexity index is 3140. The first kappa shape index (κ1) is 34.4. The van der Waals surface area contributed by atoms with Crippen molar-refractivity contribution in [1.82, 2.24) is 0 Å². The van der Waals surface area contributed by atoms with Crippen molar-refractivity contribution < 1.29 is 28.5 Å². The molecule has 0 atom stereocenters. The van der Waals surface area contributed by atoms with Gasteiger partial charge in [-0.15, -0.1) is 0 Å². The van der Waals surface area contributed by atoms with Crippen molar-refractivity contribution in [3.05, 3.63) is 233 Å². The number of rotatable bonds is 6. The number of nitrogens with zero attached hydrogens (tertiary/aromatic N) is 1. The van der Waals surface area contributed by atoms with Crippen LogP contribution in [0, 0.1) is 0 Å². The maximum absolute atomic E-state index is 6.69. The summed E-state index contributed by atoms with van der Waals surface area (Å²) < 4.78 is 15.1. The molecular formula is C54H34NO2W-. The molecule has 4 heteroatoms. The van der Waals surface area contributed by atoms with Gasteiger partial charge in [-0.25, -0.2) is 0 Å². The van der Waals surface area contributed by atoms with Crippen LogP contribution in [0.25, 0.3) is 45.4 Å². The zero-order chi connectivity index (χ0) is 38.8. The number of hydrogen-bond acceptors (Lipinski definition) is 3. The predicted octanol–water partition coefficient (Wildman–Crippen LogP) is 11.9. The van der Waals surface area contributed by atoms with E-state index < -0.39 is 5.41 Å². The van der Waals surface area contributed by atoms with Crippen molar-refractivity contribution in [2.24, 2.45) is 0 Å². The van der Waals surface area contributed by atoms with Gasteiger partial charge in [0.25, 0.3) is 0 Å². The molecule has 11 rings (SSSR count). The average molecular weight is 913 g/mol. The van der Waals surface area contributed by atoms with Crippen LogP contribution in [0.3, 0.4) is 0 Å². The van der Waals surface area contributed by atoms with E-state index in [1.54, 1.807) is 0 Å². The van der Waals surface area contributed by atoms with E-state index in [0.717, 1.165) is 61.8 Å². The van der Waals surface area contributed by atoms with Gasteiger partial charge < -0.3 is 4.74 Å². The van der Waals surface area contributed by atoms with Crippen molar-refractivity contribution >= 4 is 44.6 Å². The number of fused-ring (bicyclic) bond motifs is 10. The Morgan fingerprint density at radius 1 is 0.517 bits per heavy atom. The molecule has 8 aromatic carbocycles. The van der Waals surface area contributed by atoms with E-state index >= 15 is 0 Å². The van der Waals surface area contributed by atoms with Crippen LogP contribution in [-0.2, 0) is 24.8 Å². The van der Waals surface area contributed by atoms with Crippen LogP contribution in [0.4, 0.5) is 17.1 Å². The fourth-order valence-corrected chi connectivity index (χ4v) is 10.0. The SMILES string of the molecule is [CH-]=c1/c(=C(\[CH]=[W])c2ccc(N(c3ccc(-c4ccccc4)cc3)c3ccc4c(c3)C3(c5ccccc5Oc5ccccc53)c3ccccc3-4)cc2)oc2ccccc12. The predicted molar refractivity (Wildman–Crippen MR) is 232 cm³/mol. The monoisotopic (exact) mass is 912 g/mol. The molecule has 0 saturated carbocycles. The van der Waals surface area contributed by atoms with Gasteiger partial charge in [-0.3, -0.25) is 0 Å². The summed E-state index contributed by atoms with van der Waals surface area (Å²) >= 11 is 1.32. The minimum absolute atomic E-state index is 0.574. The number of hydrogen-bond donors (Lipinski definition) is 0.